The number of alkyl halides is 3. The second-order valence-corrected chi connectivity index (χ2v) is 6.96. The summed E-state index contributed by atoms with van der Waals surface area (Å²) in [6.45, 7) is 4.18. The Morgan fingerprint density at radius 2 is 2.15 bits per heavy atom. The molecule has 3 rings (SSSR count). The fourth-order valence-electron chi connectivity index (χ4n) is 3.31. The normalized spacial score (nSPS) is 18.7. The molecule has 10 heteroatoms. The third kappa shape index (κ3) is 4.78. The standard InChI is InChI=1S/C17H19ClF3N5O/c1-11-9-25(5-6-26(11)14-8-23-24-16(27)15(14)18)10-12-3-2-4-22-13(12)7-17(19,20)21/h2-4,8,11H,5-7,9-10H2,1H3,(H,24,27)/t11-/m1/s1. The summed E-state index contributed by atoms with van der Waals surface area (Å²) in [6.07, 6.45) is -2.43. The maximum Gasteiger partial charge on any atom is 0.394 e. The molecule has 0 aromatic carbocycles. The predicted molar refractivity (Wildman–Crippen MR) is 95.9 cm³/mol. The van der Waals surface area contributed by atoms with E-state index in [-0.39, 0.29) is 16.8 Å². The molecule has 0 amide bonds. The van der Waals surface area contributed by atoms with Crippen LogP contribution in [0.25, 0.3) is 0 Å². The molecule has 27 heavy (non-hydrogen) atoms. The Morgan fingerprint density at radius 3 is 2.85 bits per heavy atom. The van der Waals surface area contributed by atoms with Crippen molar-refractivity contribution in [1.82, 2.24) is 20.1 Å². The van der Waals surface area contributed by atoms with Gasteiger partial charge in [0, 0.05) is 38.4 Å². The molecule has 6 nitrogen and oxygen atoms in total. The van der Waals surface area contributed by atoms with Gasteiger partial charge in [-0.3, -0.25) is 14.7 Å². The number of nitrogens with zero attached hydrogens (tertiary/aromatic N) is 4. The Morgan fingerprint density at radius 1 is 1.37 bits per heavy atom. The maximum atomic E-state index is 12.8. The minimum Gasteiger partial charge on any atom is -0.364 e. The molecule has 0 aliphatic carbocycles. The van der Waals surface area contributed by atoms with Crippen LogP contribution in [0.3, 0.4) is 0 Å². The summed E-state index contributed by atoms with van der Waals surface area (Å²) >= 11 is 6.09. The molecule has 0 spiro atoms. The summed E-state index contributed by atoms with van der Waals surface area (Å²) in [4.78, 5) is 19.6. The smallest absolute Gasteiger partial charge is 0.364 e. The first kappa shape index (κ1) is 19.6. The Balaban J connectivity index is 1.71. The fraction of sp³-hybridized carbons (Fsp3) is 0.471. The highest BCUT2D eigenvalue weighted by Gasteiger charge is 2.31. The van der Waals surface area contributed by atoms with E-state index >= 15 is 0 Å². The SMILES string of the molecule is C[C@@H]1CN(Cc2cccnc2CC(F)(F)F)CCN1c1cn[nH]c(=O)c1Cl. The van der Waals surface area contributed by atoms with E-state index < -0.39 is 18.2 Å². The van der Waals surface area contributed by atoms with Crippen LogP contribution in [0.15, 0.2) is 29.3 Å². The number of hydrogen-bond acceptors (Lipinski definition) is 5. The van der Waals surface area contributed by atoms with Gasteiger partial charge in [0.15, 0.2) is 0 Å². The molecule has 1 atom stereocenters. The number of halogens is 4. The predicted octanol–water partition coefficient (Wildman–Crippen LogP) is 2.63. The van der Waals surface area contributed by atoms with Crippen molar-refractivity contribution in [2.45, 2.75) is 32.1 Å². The van der Waals surface area contributed by atoms with E-state index in [9.17, 15) is 18.0 Å². The van der Waals surface area contributed by atoms with Crippen molar-refractivity contribution in [3.63, 3.8) is 0 Å². The van der Waals surface area contributed by atoms with E-state index in [2.05, 4.69) is 20.1 Å². The minimum atomic E-state index is -4.29. The molecule has 1 fully saturated rings. The van der Waals surface area contributed by atoms with Crippen molar-refractivity contribution in [2.75, 3.05) is 24.5 Å². The number of aromatic amines is 1. The van der Waals surface area contributed by atoms with Crippen molar-refractivity contribution in [3.8, 4) is 0 Å². The summed E-state index contributed by atoms with van der Waals surface area (Å²) in [6, 6.07) is 3.35. The molecule has 1 aliphatic heterocycles. The molecule has 0 saturated carbocycles. The first-order valence-corrected chi connectivity index (χ1v) is 8.84. The molecule has 1 N–H and O–H groups in total. The van der Waals surface area contributed by atoms with E-state index in [0.717, 1.165) is 0 Å². The summed E-state index contributed by atoms with van der Waals surface area (Å²) < 4.78 is 38.3. The average Bonchev–Trinajstić information content (AvgIpc) is 2.59. The Kier molecular flexibility index (Phi) is 5.71. The number of piperazine rings is 1. The second kappa shape index (κ2) is 7.85. The van der Waals surface area contributed by atoms with Gasteiger partial charge in [-0.1, -0.05) is 17.7 Å². The summed E-state index contributed by atoms with van der Waals surface area (Å²) in [7, 11) is 0. The third-order valence-corrected chi connectivity index (χ3v) is 4.91. The lowest BCUT2D eigenvalue weighted by Gasteiger charge is -2.41. The van der Waals surface area contributed by atoms with Crippen molar-refractivity contribution in [2.24, 2.45) is 0 Å². The van der Waals surface area contributed by atoms with Crippen LogP contribution in [0.1, 0.15) is 18.2 Å². The molecular weight excluding hydrogens is 383 g/mol. The number of hydrogen-bond donors (Lipinski definition) is 1. The van der Waals surface area contributed by atoms with Crippen molar-refractivity contribution < 1.29 is 13.2 Å². The summed E-state index contributed by atoms with van der Waals surface area (Å²) in [5, 5.41) is 6.17. The van der Waals surface area contributed by atoms with Gasteiger partial charge >= 0.3 is 6.18 Å². The number of anilines is 1. The lowest BCUT2D eigenvalue weighted by Crippen LogP contribution is -2.52. The van der Waals surface area contributed by atoms with E-state index in [0.29, 0.717) is 37.4 Å². The van der Waals surface area contributed by atoms with Crippen LogP contribution in [0.4, 0.5) is 18.9 Å². The van der Waals surface area contributed by atoms with Gasteiger partial charge in [-0.25, -0.2) is 5.10 Å². The molecule has 2 aromatic rings. The van der Waals surface area contributed by atoms with Gasteiger partial charge in [-0.05, 0) is 18.6 Å². The molecule has 1 aliphatic rings. The molecule has 1 saturated heterocycles. The van der Waals surface area contributed by atoms with Gasteiger partial charge in [0.1, 0.15) is 5.02 Å². The average molecular weight is 402 g/mol. The van der Waals surface area contributed by atoms with E-state index in [1.54, 1.807) is 12.1 Å². The van der Waals surface area contributed by atoms with E-state index in [1.165, 1.54) is 12.4 Å². The van der Waals surface area contributed by atoms with E-state index in [1.807, 2.05) is 11.8 Å². The van der Waals surface area contributed by atoms with Crippen LogP contribution in [0.2, 0.25) is 5.02 Å². The first-order chi connectivity index (χ1) is 12.7. The van der Waals surface area contributed by atoms with Gasteiger partial charge in [0.05, 0.1) is 24.0 Å². The van der Waals surface area contributed by atoms with Crippen LogP contribution >= 0.6 is 11.6 Å². The molecule has 0 radical (unpaired) electrons. The van der Waals surface area contributed by atoms with Crippen LogP contribution in [0, 0.1) is 0 Å². The quantitative estimate of drug-likeness (QED) is 0.853. The number of nitrogens with one attached hydrogen (secondary N) is 1. The third-order valence-electron chi connectivity index (χ3n) is 4.54. The lowest BCUT2D eigenvalue weighted by atomic mass is 10.1. The van der Waals surface area contributed by atoms with Gasteiger partial charge in [0.2, 0.25) is 0 Å². The van der Waals surface area contributed by atoms with Crippen LogP contribution in [-0.4, -0.2) is 51.9 Å². The molecule has 0 unspecified atom stereocenters. The maximum absolute atomic E-state index is 12.8. The second-order valence-electron chi connectivity index (χ2n) is 6.58. The van der Waals surface area contributed by atoms with Crippen LogP contribution in [-0.2, 0) is 13.0 Å². The summed E-state index contributed by atoms with van der Waals surface area (Å²) in [5.41, 5.74) is 0.746. The van der Waals surface area contributed by atoms with Crippen molar-refractivity contribution >= 4 is 17.3 Å². The zero-order valence-corrected chi connectivity index (χ0v) is 15.4. The minimum absolute atomic E-state index is 0.0163. The van der Waals surface area contributed by atoms with Gasteiger partial charge < -0.3 is 4.90 Å². The highest BCUT2D eigenvalue weighted by molar-refractivity contribution is 6.33. The Hall–Kier alpha value is -2.13. The lowest BCUT2D eigenvalue weighted by molar-refractivity contribution is -0.128. The Labute approximate surface area is 159 Å². The number of aromatic nitrogens is 3. The number of pyridine rings is 1. The highest BCUT2D eigenvalue weighted by Crippen LogP contribution is 2.27. The highest BCUT2D eigenvalue weighted by atomic mass is 35.5. The number of rotatable bonds is 4. The Bertz CT molecular complexity index is 857. The zero-order chi connectivity index (χ0) is 19.6. The topological polar surface area (TPSA) is 65.1 Å². The monoisotopic (exact) mass is 401 g/mol. The molecule has 3 heterocycles. The zero-order valence-electron chi connectivity index (χ0n) is 14.6. The summed E-state index contributed by atoms with van der Waals surface area (Å²) in [5.74, 6) is 0. The fourth-order valence-corrected chi connectivity index (χ4v) is 3.51. The number of H-pyrrole nitrogens is 1. The van der Waals surface area contributed by atoms with Crippen molar-refractivity contribution in [3.05, 3.63) is 51.2 Å². The van der Waals surface area contributed by atoms with Crippen LogP contribution in [0.5, 0.6) is 0 Å². The van der Waals surface area contributed by atoms with Crippen LogP contribution < -0.4 is 10.5 Å². The van der Waals surface area contributed by atoms with Crippen molar-refractivity contribution in [1.29, 1.82) is 0 Å². The largest absolute Gasteiger partial charge is 0.394 e. The molecule has 2 aromatic heterocycles. The van der Waals surface area contributed by atoms with Gasteiger partial charge in [0.25, 0.3) is 5.56 Å². The molecule has 0 bridgehead atoms. The molecular formula is C17H19ClF3N5O. The van der Waals surface area contributed by atoms with E-state index in [4.69, 9.17) is 11.6 Å². The molecule has 146 valence electrons. The van der Waals surface area contributed by atoms with Gasteiger partial charge in [-0.15, -0.1) is 0 Å². The van der Waals surface area contributed by atoms with Gasteiger partial charge in [-0.2, -0.15) is 18.3 Å². The first-order valence-electron chi connectivity index (χ1n) is 8.46.